The SMILES string of the molecule is COC(=O)[C@@H](CCS(=O)(=O)c1ccccc1)NC(=O)[C@H](Cc1ccccc1F)NC(C)=O. The predicted molar refractivity (Wildman–Crippen MR) is 115 cm³/mol. The van der Waals surface area contributed by atoms with E-state index in [2.05, 4.69) is 15.4 Å². The Morgan fingerprint density at radius 2 is 1.59 bits per heavy atom. The van der Waals surface area contributed by atoms with E-state index < -0.39 is 51.3 Å². The first-order chi connectivity index (χ1) is 15.1. The molecule has 0 aliphatic carbocycles. The molecule has 0 aromatic heterocycles. The lowest BCUT2D eigenvalue weighted by atomic mass is 10.0. The van der Waals surface area contributed by atoms with Crippen molar-refractivity contribution in [1.29, 1.82) is 0 Å². The molecule has 32 heavy (non-hydrogen) atoms. The molecule has 2 aromatic rings. The van der Waals surface area contributed by atoms with Gasteiger partial charge in [-0.3, -0.25) is 9.59 Å². The van der Waals surface area contributed by atoms with Crippen LogP contribution >= 0.6 is 0 Å². The van der Waals surface area contributed by atoms with Crippen molar-refractivity contribution in [2.75, 3.05) is 12.9 Å². The number of benzene rings is 2. The molecule has 2 rings (SSSR count). The maximum absolute atomic E-state index is 14.0. The number of sulfone groups is 1. The van der Waals surface area contributed by atoms with Gasteiger partial charge in [0.2, 0.25) is 11.8 Å². The fraction of sp³-hybridized carbons (Fsp3) is 0.318. The molecule has 0 radical (unpaired) electrons. The van der Waals surface area contributed by atoms with Crippen LogP contribution in [0.1, 0.15) is 18.9 Å². The van der Waals surface area contributed by atoms with Crippen molar-refractivity contribution in [2.24, 2.45) is 0 Å². The van der Waals surface area contributed by atoms with Gasteiger partial charge in [-0.1, -0.05) is 36.4 Å². The first-order valence-corrected chi connectivity index (χ1v) is 11.5. The Labute approximate surface area is 186 Å². The fourth-order valence-corrected chi connectivity index (χ4v) is 4.37. The maximum Gasteiger partial charge on any atom is 0.328 e. The number of carbonyl (C=O) groups is 3. The van der Waals surface area contributed by atoms with Gasteiger partial charge in [-0.15, -0.1) is 0 Å². The molecule has 0 saturated heterocycles. The number of nitrogens with one attached hydrogen (secondary N) is 2. The standard InChI is InChI=1S/C22H25FN2O6S/c1-15(26)24-20(14-16-8-6-7-11-18(16)23)21(27)25-19(22(28)31-2)12-13-32(29,30)17-9-4-3-5-10-17/h3-11,19-20H,12-14H2,1-2H3,(H,24,26)(H,25,27)/t19-,20+/m1/s1. The van der Waals surface area contributed by atoms with Gasteiger partial charge in [0.15, 0.2) is 9.84 Å². The van der Waals surface area contributed by atoms with Crippen LogP contribution in [0.25, 0.3) is 0 Å². The number of hydrogen-bond donors (Lipinski definition) is 2. The van der Waals surface area contributed by atoms with Gasteiger partial charge in [0.05, 0.1) is 17.8 Å². The normalized spacial score (nSPS) is 13.0. The zero-order valence-electron chi connectivity index (χ0n) is 17.7. The molecule has 2 N–H and O–H groups in total. The molecule has 0 bridgehead atoms. The minimum atomic E-state index is -3.70. The van der Waals surface area contributed by atoms with Crippen LogP contribution in [-0.4, -0.2) is 51.1 Å². The molecular weight excluding hydrogens is 439 g/mol. The van der Waals surface area contributed by atoms with Crippen LogP contribution in [0.3, 0.4) is 0 Å². The van der Waals surface area contributed by atoms with E-state index in [-0.39, 0.29) is 23.3 Å². The molecule has 10 heteroatoms. The third-order valence-corrected chi connectivity index (χ3v) is 6.42. The van der Waals surface area contributed by atoms with Crippen LogP contribution in [0.4, 0.5) is 4.39 Å². The maximum atomic E-state index is 14.0. The summed E-state index contributed by atoms with van der Waals surface area (Å²) in [6.07, 6.45) is -0.406. The van der Waals surface area contributed by atoms with Crippen LogP contribution in [0.15, 0.2) is 59.5 Å². The largest absolute Gasteiger partial charge is 0.467 e. The highest BCUT2D eigenvalue weighted by atomic mass is 32.2. The summed E-state index contributed by atoms with van der Waals surface area (Å²) in [6.45, 7) is 1.20. The van der Waals surface area contributed by atoms with Crippen molar-refractivity contribution in [2.45, 2.75) is 36.7 Å². The number of amides is 2. The summed E-state index contributed by atoms with van der Waals surface area (Å²) in [5.74, 6) is -3.10. The first kappa shape index (κ1) is 25.0. The summed E-state index contributed by atoms with van der Waals surface area (Å²) in [5, 5.41) is 4.85. The van der Waals surface area contributed by atoms with Crippen molar-refractivity contribution in [3.05, 3.63) is 66.0 Å². The molecule has 0 aliphatic heterocycles. The second kappa shape index (κ2) is 11.4. The molecule has 0 saturated carbocycles. The molecule has 2 aromatic carbocycles. The summed E-state index contributed by atoms with van der Waals surface area (Å²) in [4.78, 5) is 36.6. The molecule has 0 spiro atoms. The van der Waals surface area contributed by atoms with E-state index in [9.17, 15) is 27.2 Å². The van der Waals surface area contributed by atoms with Crippen molar-refractivity contribution in [3.63, 3.8) is 0 Å². The van der Waals surface area contributed by atoms with Crippen molar-refractivity contribution in [1.82, 2.24) is 10.6 Å². The van der Waals surface area contributed by atoms with Crippen LogP contribution in [0.2, 0.25) is 0 Å². The number of ether oxygens (including phenoxy) is 1. The number of esters is 1. The summed E-state index contributed by atoms with van der Waals surface area (Å²) in [6, 6.07) is 11.0. The molecule has 8 nitrogen and oxygen atoms in total. The van der Waals surface area contributed by atoms with Gasteiger partial charge in [0.1, 0.15) is 17.9 Å². The summed E-state index contributed by atoms with van der Waals surface area (Å²) >= 11 is 0. The monoisotopic (exact) mass is 464 g/mol. The zero-order chi connectivity index (χ0) is 23.7. The van der Waals surface area contributed by atoms with Crippen LogP contribution in [0.5, 0.6) is 0 Å². The highest BCUT2D eigenvalue weighted by Gasteiger charge is 2.29. The Morgan fingerprint density at radius 3 is 2.19 bits per heavy atom. The molecule has 2 atom stereocenters. The average molecular weight is 465 g/mol. The van der Waals surface area contributed by atoms with Gasteiger partial charge in [0, 0.05) is 13.3 Å². The van der Waals surface area contributed by atoms with E-state index in [1.54, 1.807) is 24.3 Å². The molecule has 0 fully saturated rings. The fourth-order valence-electron chi connectivity index (χ4n) is 3.02. The minimum absolute atomic E-state index is 0.0885. The van der Waals surface area contributed by atoms with Crippen molar-refractivity contribution >= 4 is 27.6 Å². The first-order valence-electron chi connectivity index (χ1n) is 9.80. The van der Waals surface area contributed by atoms with Gasteiger partial charge in [-0.25, -0.2) is 17.6 Å². The molecular formula is C22H25FN2O6S. The zero-order valence-corrected chi connectivity index (χ0v) is 18.5. The van der Waals surface area contributed by atoms with E-state index in [4.69, 9.17) is 0 Å². The van der Waals surface area contributed by atoms with Crippen molar-refractivity contribution in [3.8, 4) is 0 Å². The lowest BCUT2D eigenvalue weighted by Gasteiger charge is -2.22. The Kier molecular flexibility index (Phi) is 8.89. The number of hydrogen-bond acceptors (Lipinski definition) is 6. The highest BCUT2D eigenvalue weighted by Crippen LogP contribution is 2.13. The summed E-state index contributed by atoms with van der Waals surface area (Å²) < 4.78 is 43.8. The van der Waals surface area contributed by atoms with Crippen LogP contribution in [-0.2, 0) is 35.4 Å². The Bertz CT molecular complexity index is 1060. The number of halogens is 1. The Hall–Kier alpha value is -3.27. The van der Waals surface area contributed by atoms with Crippen molar-refractivity contribution < 1.29 is 31.9 Å². The molecule has 172 valence electrons. The number of rotatable bonds is 10. The third-order valence-electron chi connectivity index (χ3n) is 4.66. The average Bonchev–Trinajstić information content (AvgIpc) is 2.77. The lowest BCUT2D eigenvalue weighted by molar-refractivity contribution is -0.145. The van der Waals surface area contributed by atoms with Gasteiger partial charge >= 0.3 is 5.97 Å². The highest BCUT2D eigenvalue weighted by molar-refractivity contribution is 7.91. The van der Waals surface area contributed by atoms with E-state index in [1.165, 1.54) is 37.3 Å². The second-order valence-electron chi connectivity index (χ2n) is 7.05. The number of carbonyl (C=O) groups excluding carboxylic acids is 3. The van der Waals surface area contributed by atoms with Gasteiger partial charge in [-0.05, 0) is 30.2 Å². The molecule has 2 amide bonds. The van der Waals surface area contributed by atoms with E-state index in [0.29, 0.717) is 0 Å². The van der Waals surface area contributed by atoms with E-state index >= 15 is 0 Å². The van der Waals surface area contributed by atoms with Gasteiger partial charge in [0.25, 0.3) is 0 Å². The van der Waals surface area contributed by atoms with Crippen LogP contribution in [0, 0.1) is 5.82 Å². The summed E-state index contributed by atoms with van der Waals surface area (Å²) in [5.41, 5.74) is 0.197. The second-order valence-corrected chi connectivity index (χ2v) is 9.16. The quantitative estimate of drug-likeness (QED) is 0.513. The topological polar surface area (TPSA) is 119 Å². The molecule has 0 aliphatic rings. The summed E-state index contributed by atoms with van der Waals surface area (Å²) in [7, 11) is -2.60. The Balaban J connectivity index is 2.16. The van der Waals surface area contributed by atoms with E-state index in [0.717, 1.165) is 7.11 Å². The van der Waals surface area contributed by atoms with Gasteiger partial charge in [-0.2, -0.15) is 0 Å². The smallest absolute Gasteiger partial charge is 0.328 e. The molecule has 0 heterocycles. The number of methoxy groups -OCH3 is 1. The predicted octanol–water partition coefficient (Wildman–Crippen LogP) is 1.39. The van der Waals surface area contributed by atoms with Crippen LogP contribution < -0.4 is 10.6 Å². The Morgan fingerprint density at radius 1 is 0.969 bits per heavy atom. The minimum Gasteiger partial charge on any atom is -0.467 e. The van der Waals surface area contributed by atoms with Gasteiger partial charge < -0.3 is 15.4 Å². The van der Waals surface area contributed by atoms with E-state index in [1.807, 2.05) is 0 Å². The third kappa shape index (κ3) is 7.16. The lowest BCUT2D eigenvalue weighted by Crippen LogP contribution is -2.52. The molecule has 0 unspecified atom stereocenters.